The molecule has 1 aromatic rings. The monoisotopic (exact) mass is 331 g/mol. The van der Waals surface area contributed by atoms with Crippen LogP contribution in [0.15, 0.2) is 24.3 Å². The average Bonchev–Trinajstić information content (AvgIpc) is 2.83. The first kappa shape index (κ1) is 17.6. The fourth-order valence-corrected chi connectivity index (χ4v) is 4.47. The summed E-state index contributed by atoms with van der Waals surface area (Å²) in [4.78, 5) is 14.7. The number of rotatable bonds is 5. The van der Waals surface area contributed by atoms with E-state index < -0.39 is 0 Å². The normalized spacial score (nSPS) is 21.5. The van der Waals surface area contributed by atoms with Crippen molar-refractivity contribution in [2.75, 3.05) is 19.6 Å². The summed E-state index contributed by atoms with van der Waals surface area (Å²) in [7, 11) is 0. The first-order chi connectivity index (χ1) is 11.7. The topological polar surface area (TPSA) is 20.3 Å². The molecule has 0 atom stereocenters. The maximum atomic E-state index is 12.9. The second-order valence-electron chi connectivity index (χ2n) is 7.79. The minimum Gasteiger partial charge on any atom is -0.303 e. The van der Waals surface area contributed by atoms with Crippen LogP contribution in [0.5, 0.6) is 0 Å². The number of carbonyl (C=O) groups is 1. The van der Waals surface area contributed by atoms with Gasteiger partial charge in [0.15, 0.2) is 5.78 Å². The Morgan fingerprint density at radius 1 is 0.958 bits per heavy atom. The third-order valence-corrected chi connectivity index (χ3v) is 6.13. The summed E-state index contributed by atoms with van der Waals surface area (Å²) in [5.74, 6) is -0.153. The van der Waals surface area contributed by atoms with Gasteiger partial charge in [-0.2, -0.15) is 0 Å². The molecule has 3 heteroatoms. The lowest BCUT2D eigenvalue weighted by Crippen LogP contribution is -2.40. The lowest BCUT2D eigenvalue weighted by Gasteiger charge is -2.41. The molecule has 0 bridgehead atoms. The number of hydrogen-bond donors (Lipinski definition) is 0. The fourth-order valence-electron chi connectivity index (χ4n) is 4.47. The van der Waals surface area contributed by atoms with Crippen molar-refractivity contribution in [2.45, 2.75) is 64.2 Å². The molecule has 2 fully saturated rings. The number of ketones is 1. The van der Waals surface area contributed by atoms with Crippen LogP contribution >= 0.6 is 0 Å². The van der Waals surface area contributed by atoms with Crippen molar-refractivity contribution < 1.29 is 9.18 Å². The van der Waals surface area contributed by atoms with Crippen molar-refractivity contribution in [1.29, 1.82) is 0 Å². The van der Waals surface area contributed by atoms with E-state index in [9.17, 15) is 9.18 Å². The molecule has 1 aliphatic carbocycles. The second-order valence-corrected chi connectivity index (χ2v) is 7.79. The molecule has 1 saturated carbocycles. The zero-order valence-corrected chi connectivity index (χ0v) is 14.7. The SMILES string of the molecule is O=C(CCCN1CCC2(CCCCCC2)CC1)c1ccc(F)cc1. The molecular formula is C21H30FNO. The minimum absolute atomic E-state index is 0.132. The van der Waals surface area contributed by atoms with Crippen molar-refractivity contribution in [3.8, 4) is 0 Å². The fraction of sp³-hybridized carbons (Fsp3) is 0.667. The molecule has 0 unspecified atom stereocenters. The Morgan fingerprint density at radius 3 is 2.21 bits per heavy atom. The van der Waals surface area contributed by atoms with Crippen LogP contribution in [-0.2, 0) is 0 Å². The highest BCUT2D eigenvalue weighted by atomic mass is 19.1. The number of likely N-dealkylation sites (tertiary alicyclic amines) is 1. The molecule has 132 valence electrons. The van der Waals surface area contributed by atoms with Crippen LogP contribution in [-0.4, -0.2) is 30.3 Å². The van der Waals surface area contributed by atoms with Crippen LogP contribution in [0.4, 0.5) is 4.39 Å². The van der Waals surface area contributed by atoms with Crippen LogP contribution in [0, 0.1) is 11.2 Å². The summed E-state index contributed by atoms with van der Waals surface area (Å²) in [6.45, 7) is 3.42. The Kier molecular flexibility index (Phi) is 6.04. The lowest BCUT2D eigenvalue weighted by molar-refractivity contribution is 0.0844. The van der Waals surface area contributed by atoms with Crippen molar-refractivity contribution in [3.63, 3.8) is 0 Å². The molecule has 24 heavy (non-hydrogen) atoms. The van der Waals surface area contributed by atoms with Gasteiger partial charge in [0.05, 0.1) is 0 Å². The van der Waals surface area contributed by atoms with Gasteiger partial charge in [-0.3, -0.25) is 4.79 Å². The summed E-state index contributed by atoms with van der Waals surface area (Å²) in [5, 5.41) is 0. The molecule has 0 N–H and O–H groups in total. The molecule has 0 radical (unpaired) electrons. The predicted octanol–water partition coefficient (Wildman–Crippen LogP) is 5.23. The van der Waals surface area contributed by atoms with Gasteiger partial charge < -0.3 is 4.90 Å². The highest BCUT2D eigenvalue weighted by molar-refractivity contribution is 5.95. The highest BCUT2D eigenvalue weighted by Gasteiger charge is 2.34. The molecule has 3 rings (SSSR count). The summed E-state index contributed by atoms with van der Waals surface area (Å²) >= 11 is 0. The predicted molar refractivity (Wildman–Crippen MR) is 95.8 cm³/mol. The molecular weight excluding hydrogens is 301 g/mol. The first-order valence-corrected chi connectivity index (χ1v) is 9.68. The van der Waals surface area contributed by atoms with E-state index in [0.29, 0.717) is 17.4 Å². The van der Waals surface area contributed by atoms with E-state index in [-0.39, 0.29) is 11.6 Å². The number of hydrogen-bond acceptors (Lipinski definition) is 2. The zero-order valence-electron chi connectivity index (χ0n) is 14.7. The van der Waals surface area contributed by atoms with E-state index in [0.717, 1.165) is 13.0 Å². The van der Waals surface area contributed by atoms with E-state index in [2.05, 4.69) is 4.90 Å². The van der Waals surface area contributed by atoms with Crippen LogP contribution in [0.25, 0.3) is 0 Å². The molecule has 2 aliphatic rings. The Morgan fingerprint density at radius 2 is 1.58 bits per heavy atom. The summed E-state index contributed by atoms with van der Waals surface area (Å²) < 4.78 is 12.9. The van der Waals surface area contributed by atoms with Gasteiger partial charge in [-0.25, -0.2) is 4.39 Å². The number of Topliss-reactive ketones (excluding diaryl/α,β-unsaturated/α-hetero) is 1. The van der Waals surface area contributed by atoms with Crippen molar-refractivity contribution in [2.24, 2.45) is 5.41 Å². The van der Waals surface area contributed by atoms with Crippen molar-refractivity contribution in [1.82, 2.24) is 4.90 Å². The van der Waals surface area contributed by atoms with E-state index in [1.165, 1.54) is 76.6 Å². The Balaban J connectivity index is 1.39. The van der Waals surface area contributed by atoms with E-state index >= 15 is 0 Å². The molecule has 2 nitrogen and oxygen atoms in total. The highest BCUT2D eigenvalue weighted by Crippen LogP contribution is 2.43. The van der Waals surface area contributed by atoms with Crippen molar-refractivity contribution in [3.05, 3.63) is 35.6 Å². The van der Waals surface area contributed by atoms with E-state index in [1.807, 2.05) is 0 Å². The lowest BCUT2D eigenvalue weighted by atomic mass is 9.72. The molecule has 0 amide bonds. The number of piperidine rings is 1. The average molecular weight is 331 g/mol. The van der Waals surface area contributed by atoms with Gasteiger partial charge in [0.1, 0.15) is 5.82 Å². The van der Waals surface area contributed by atoms with Crippen LogP contribution in [0.2, 0.25) is 0 Å². The Hall–Kier alpha value is -1.22. The standard InChI is InChI=1S/C21H30FNO/c22-19-9-7-18(8-10-19)20(24)6-5-15-23-16-13-21(14-17-23)11-3-1-2-4-12-21/h7-10H,1-6,11-17H2. The third-order valence-electron chi connectivity index (χ3n) is 6.13. The van der Waals surface area contributed by atoms with Gasteiger partial charge in [-0.05, 0) is 81.4 Å². The summed E-state index contributed by atoms with van der Waals surface area (Å²) in [6.07, 6.45) is 12.7. The number of halogens is 1. The largest absolute Gasteiger partial charge is 0.303 e. The zero-order chi connectivity index (χ0) is 16.8. The van der Waals surface area contributed by atoms with Crippen molar-refractivity contribution >= 4 is 5.78 Å². The number of nitrogens with zero attached hydrogens (tertiary/aromatic N) is 1. The minimum atomic E-state index is -0.285. The third kappa shape index (κ3) is 4.66. The van der Waals surface area contributed by atoms with Crippen LogP contribution < -0.4 is 0 Å². The Bertz CT molecular complexity index is 521. The first-order valence-electron chi connectivity index (χ1n) is 9.68. The van der Waals surface area contributed by atoms with Gasteiger partial charge >= 0.3 is 0 Å². The second kappa shape index (κ2) is 8.24. The van der Waals surface area contributed by atoms with E-state index in [4.69, 9.17) is 0 Å². The molecule has 1 heterocycles. The number of carbonyl (C=O) groups excluding carboxylic acids is 1. The molecule has 1 aromatic carbocycles. The quantitative estimate of drug-likeness (QED) is 0.689. The maximum absolute atomic E-state index is 12.9. The van der Waals surface area contributed by atoms with Gasteiger partial charge in [0.2, 0.25) is 0 Å². The summed E-state index contributed by atoms with van der Waals surface area (Å²) in [5.41, 5.74) is 1.27. The number of benzene rings is 1. The summed E-state index contributed by atoms with van der Waals surface area (Å²) in [6, 6.07) is 5.91. The van der Waals surface area contributed by atoms with E-state index in [1.54, 1.807) is 12.1 Å². The van der Waals surface area contributed by atoms with Gasteiger partial charge in [0, 0.05) is 12.0 Å². The van der Waals surface area contributed by atoms with Crippen LogP contribution in [0.1, 0.15) is 74.6 Å². The Labute approximate surface area is 145 Å². The van der Waals surface area contributed by atoms with Gasteiger partial charge in [0.25, 0.3) is 0 Å². The smallest absolute Gasteiger partial charge is 0.162 e. The van der Waals surface area contributed by atoms with Gasteiger partial charge in [-0.15, -0.1) is 0 Å². The molecule has 1 spiro atoms. The molecule has 1 saturated heterocycles. The molecule has 1 aliphatic heterocycles. The van der Waals surface area contributed by atoms with Gasteiger partial charge in [-0.1, -0.05) is 25.7 Å². The molecule has 0 aromatic heterocycles. The van der Waals surface area contributed by atoms with Crippen LogP contribution in [0.3, 0.4) is 0 Å². The maximum Gasteiger partial charge on any atom is 0.162 e.